The van der Waals surface area contributed by atoms with Gasteiger partial charge in [-0.25, -0.2) is 9.97 Å². The molecule has 7 heteroatoms. The van der Waals surface area contributed by atoms with Crippen LogP contribution in [0.2, 0.25) is 0 Å². The molecule has 0 saturated heterocycles. The van der Waals surface area contributed by atoms with Crippen LogP contribution in [0.3, 0.4) is 0 Å². The topological polar surface area (TPSA) is 61.9 Å². The van der Waals surface area contributed by atoms with Crippen molar-refractivity contribution in [1.82, 2.24) is 19.9 Å². The van der Waals surface area contributed by atoms with E-state index in [0.29, 0.717) is 11.7 Å². The van der Waals surface area contributed by atoms with E-state index in [4.69, 9.17) is 0 Å². The first kappa shape index (κ1) is 14.7. The Hall–Kier alpha value is -1.18. The molecule has 0 amide bonds. The van der Waals surface area contributed by atoms with E-state index in [9.17, 15) is 4.79 Å². The van der Waals surface area contributed by atoms with E-state index in [1.807, 2.05) is 18.4 Å². The first-order chi connectivity index (χ1) is 10.2. The van der Waals surface area contributed by atoms with Crippen molar-refractivity contribution in [3.05, 3.63) is 50.1 Å². The molecule has 0 aliphatic carbocycles. The maximum Gasteiger partial charge on any atom is 0.256 e. The Bertz CT molecular complexity index is 718. The molecule has 21 heavy (non-hydrogen) atoms. The minimum absolute atomic E-state index is 0.0145. The minimum Gasteiger partial charge on any atom is -0.301 e. The molecule has 110 valence electrons. The summed E-state index contributed by atoms with van der Waals surface area (Å²) < 4.78 is 0.862. The molecule has 0 fully saturated rings. The molecule has 1 aliphatic heterocycles. The van der Waals surface area contributed by atoms with Crippen LogP contribution in [0.15, 0.2) is 32.9 Å². The molecule has 0 saturated carbocycles. The van der Waals surface area contributed by atoms with Crippen molar-refractivity contribution < 1.29 is 0 Å². The van der Waals surface area contributed by atoms with Crippen LogP contribution in [0.25, 0.3) is 0 Å². The van der Waals surface area contributed by atoms with E-state index >= 15 is 0 Å². The van der Waals surface area contributed by atoms with E-state index in [0.717, 1.165) is 40.9 Å². The molecule has 0 unspecified atom stereocenters. The molecular formula is C14H15BrN4OS. The third-order valence-electron chi connectivity index (χ3n) is 3.55. The first-order valence-electron chi connectivity index (χ1n) is 6.65. The number of nitrogens with zero attached hydrogens (tertiary/aromatic N) is 3. The third-order valence-corrected chi connectivity index (χ3v) is 4.84. The summed E-state index contributed by atoms with van der Waals surface area (Å²) in [5.74, 6) is 0. The standard InChI is InChI=1S/C14H15BrN4OS/c1-21-14-17-11-4-6-19(8-10(11)13(20)18-14)7-9-3-2-5-16-12(9)15/h2-3,5H,4,6-8H2,1H3,(H,17,18,20). The van der Waals surface area contributed by atoms with E-state index < -0.39 is 0 Å². The number of rotatable bonds is 3. The van der Waals surface area contributed by atoms with Crippen molar-refractivity contribution in [2.75, 3.05) is 12.8 Å². The SMILES string of the molecule is CSc1nc2c(c(=O)[nH]1)CN(Cc1cccnc1Br)CC2. The van der Waals surface area contributed by atoms with Gasteiger partial charge in [-0.1, -0.05) is 17.8 Å². The second-order valence-electron chi connectivity index (χ2n) is 4.91. The molecular weight excluding hydrogens is 352 g/mol. The van der Waals surface area contributed by atoms with Gasteiger partial charge >= 0.3 is 0 Å². The first-order valence-corrected chi connectivity index (χ1v) is 8.67. The Morgan fingerprint density at radius 1 is 1.52 bits per heavy atom. The van der Waals surface area contributed by atoms with Crippen LogP contribution in [-0.4, -0.2) is 32.7 Å². The maximum absolute atomic E-state index is 12.2. The van der Waals surface area contributed by atoms with Gasteiger partial charge in [0.25, 0.3) is 5.56 Å². The van der Waals surface area contributed by atoms with Gasteiger partial charge in [0, 0.05) is 32.3 Å². The summed E-state index contributed by atoms with van der Waals surface area (Å²) in [6, 6.07) is 3.98. The average molecular weight is 367 g/mol. The molecule has 3 rings (SSSR count). The largest absolute Gasteiger partial charge is 0.301 e. The number of hydrogen-bond donors (Lipinski definition) is 1. The molecule has 5 nitrogen and oxygen atoms in total. The van der Waals surface area contributed by atoms with Crippen LogP contribution in [0.1, 0.15) is 16.8 Å². The lowest BCUT2D eigenvalue weighted by atomic mass is 10.1. The fourth-order valence-corrected chi connectivity index (χ4v) is 3.24. The zero-order valence-corrected chi connectivity index (χ0v) is 14.0. The van der Waals surface area contributed by atoms with Crippen LogP contribution in [0, 0.1) is 0 Å². The lowest BCUT2D eigenvalue weighted by Gasteiger charge is -2.27. The zero-order valence-electron chi connectivity index (χ0n) is 11.6. The van der Waals surface area contributed by atoms with Gasteiger partial charge in [-0.05, 0) is 33.8 Å². The Kier molecular flexibility index (Phi) is 4.42. The monoisotopic (exact) mass is 366 g/mol. The van der Waals surface area contributed by atoms with Crippen molar-refractivity contribution in [2.24, 2.45) is 0 Å². The van der Waals surface area contributed by atoms with Crippen molar-refractivity contribution in [1.29, 1.82) is 0 Å². The second-order valence-corrected chi connectivity index (χ2v) is 6.46. The zero-order chi connectivity index (χ0) is 14.8. The van der Waals surface area contributed by atoms with Crippen molar-refractivity contribution >= 4 is 27.7 Å². The Labute approximate surface area is 135 Å². The van der Waals surface area contributed by atoms with Gasteiger partial charge in [0.2, 0.25) is 0 Å². The highest BCUT2D eigenvalue weighted by molar-refractivity contribution is 9.10. The number of H-pyrrole nitrogens is 1. The molecule has 0 bridgehead atoms. The summed E-state index contributed by atoms with van der Waals surface area (Å²) in [6.07, 6.45) is 4.49. The van der Waals surface area contributed by atoms with Crippen molar-refractivity contribution in [3.63, 3.8) is 0 Å². The highest BCUT2D eigenvalue weighted by atomic mass is 79.9. The molecule has 0 aromatic carbocycles. The molecule has 3 heterocycles. The fraction of sp³-hybridized carbons (Fsp3) is 0.357. The number of pyridine rings is 1. The quantitative estimate of drug-likeness (QED) is 0.512. The van der Waals surface area contributed by atoms with Gasteiger partial charge in [-0.2, -0.15) is 0 Å². The van der Waals surface area contributed by atoms with Crippen LogP contribution >= 0.6 is 27.7 Å². The van der Waals surface area contributed by atoms with Crippen molar-refractivity contribution in [2.45, 2.75) is 24.7 Å². The molecule has 0 spiro atoms. The van der Waals surface area contributed by atoms with E-state index in [-0.39, 0.29) is 5.56 Å². The highest BCUT2D eigenvalue weighted by Crippen LogP contribution is 2.20. The van der Waals surface area contributed by atoms with Gasteiger partial charge in [0.05, 0.1) is 11.3 Å². The van der Waals surface area contributed by atoms with Gasteiger partial charge in [0.15, 0.2) is 5.16 Å². The predicted octanol–water partition coefficient (Wildman–Crippen LogP) is 2.21. The minimum atomic E-state index is -0.0145. The predicted molar refractivity (Wildman–Crippen MR) is 86.4 cm³/mol. The summed E-state index contributed by atoms with van der Waals surface area (Å²) in [5, 5.41) is 0.696. The van der Waals surface area contributed by atoms with Crippen LogP contribution in [0.5, 0.6) is 0 Å². The van der Waals surface area contributed by atoms with E-state index in [1.54, 1.807) is 6.20 Å². The van der Waals surface area contributed by atoms with Gasteiger partial charge < -0.3 is 4.98 Å². The Morgan fingerprint density at radius 3 is 3.14 bits per heavy atom. The van der Waals surface area contributed by atoms with Crippen LogP contribution in [-0.2, 0) is 19.5 Å². The van der Waals surface area contributed by atoms with Crippen LogP contribution in [0.4, 0.5) is 0 Å². The van der Waals surface area contributed by atoms with E-state index in [2.05, 4.69) is 35.8 Å². The lowest BCUT2D eigenvalue weighted by molar-refractivity contribution is 0.240. The normalized spacial score (nSPS) is 15.0. The number of aromatic amines is 1. The van der Waals surface area contributed by atoms with Gasteiger partial charge in [-0.3, -0.25) is 9.69 Å². The number of hydrogen-bond acceptors (Lipinski definition) is 5. The number of aromatic nitrogens is 3. The Morgan fingerprint density at radius 2 is 2.38 bits per heavy atom. The number of fused-ring (bicyclic) bond motifs is 1. The molecule has 1 aliphatic rings. The summed E-state index contributed by atoms with van der Waals surface area (Å²) in [7, 11) is 0. The van der Waals surface area contributed by atoms with Gasteiger partial charge in [-0.15, -0.1) is 0 Å². The van der Waals surface area contributed by atoms with Crippen LogP contribution < -0.4 is 5.56 Å². The molecule has 0 radical (unpaired) electrons. The summed E-state index contributed by atoms with van der Waals surface area (Å²) in [6.45, 7) is 2.31. The Balaban J connectivity index is 1.82. The van der Waals surface area contributed by atoms with Crippen molar-refractivity contribution in [3.8, 4) is 0 Å². The van der Waals surface area contributed by atoms with E-state index in [1.165, 1.54) is 11.8 Å². The number of nitrogens with one attached hydrogen (secondary N) is 1. The highest BCUT2D eigenvalue weighted by Gasteiger charge is 2.21. The summed E-state index contributed by atoms with van der Waals surface area (Å²) in [4.78, 5) is 26.0. The molecule has 2 aromatic rings. The van der Waals surface area contributed by atoms with Gasteiger partial charge in [0.1, 0.15) is 4.60 Å². The maximum atomic E-state index is 12.2. The summed E-state index contributed by atoms with van der Waals surface area (Å²) in [5.41, 5.74) is 2.84. The second kappa shape index (κ2) is 6.29. The summed E-state index contributed by atoms with van der Waals surface area (Å²) >= 11 is 4.93. The third kappa shape index (κ3) is 3.20. The number of halogens is 1. The lowest BCUT2D eigenvalue weighted by Crippen LogP contribution is -2.35. The molecule has 1 N–H and O–H groups in total. The molecule has 2 aromatic heterocycles. The molecule has 0 atom stereocenters. The average Bonchev–Trinajstić information content (AvgIpc) is 2.50. The fourth-order valence-electron chi connectivity index (χ4n) is 2.47. The smallest absolute Gasteiger partial charge is 0.256 e. The number of thioether (sulfide) groups is 1.